The van der Waals surface area contributed by atoms with E-state index in [1.165, 1.54) is 12.8 Å². The number of hydrogen-bond donors (Lipinski definition) is 1. The first-order valence-corrected chi connectivity index (χ1v) is 8.32. The zero-order valence-corrected chi connectivity index (χ0v) is 13.8. The van der Waals surface area contributed by atoms with E-state index in [1.54, 1.807) is 6.33 Å². The van der Waals surface area contributed by atoms with Crippen LogP contribution < -0.4 is 15.0 Å². The van der Waals surface area contributed by atoms with Gasteiger partial charge in [-0.15, -0.1) is 0 Å². The normalized spacial score (nSPS) is 17.8. The maximum absolute atomic E-state index is 5.65. The van der Waals surface area contributed by atoms with Crippen LogP contribution in [0.25, 0.3) is 0 Å². The Kier molecular flexibility index (Phi) is 4.95. The zero-order valence-electron chi connectivity index (χ0n) is 13.8. The van der Waals surface area contributed by atoms with E-state index in [2.05, 4.69) is 27.1 Å². The van der Waals surface area contributed by atoms with E-state index in [-0.39, 0.29) is 0 Å². The summed E-state index contributed by atoms with van der Waals surface area (Å²) in [5, 5.41) is 3.35. The summed E-state index contributed by atoms with van der Waals surface area (Å²) in [4.78, 5) is 11.1. The molecule has 1 N–H and O–H groups in total. The van der Waals surface area contributed by atoms with Crippen molar-refractivity contribution in [2.24, 2.45) is 5.92 Å². The first kappa shape index (κ1) is 15.6. The molecule has 0 amide bonds. The van der Waals surface area contributed by atoms with Crippen molar-refractivity contribution < 1.29 is 4.74 Å². The van der Waals surface area contributed by atoms with Gasteiger partial charge < -0.3 is 15.0 Å². The molecule has 23 heavy (non-hydrogen) atoms. The van der Waals surface area contributed by atoms with E-state index in [4.69, 9.17) is 4.74 Å². The molecule has 0 aliphatic carbocycles. The van der Waals surface area contributed by atoms with Gasteiger partial charge >= 0.3 is 0 Å². The summed E-state index contributed by atoms with van der Waals surface area (Å²) in [7, 11) is 0. The van der Waals surface area contributed by atoms with Crippen molar-refractivity contribution in [2.45, 2.75) is 26.7 Å². The van der Waals surface area contributed by atoms with Gasteiger partial charge in [-0.2, -0.15) is 0 Å². The minimum atomic E-state index is 0.638. The lowest BCUT2D eigenvalue weighted by atomic mass is 10.0. The molecule has 1 aromatic carbocycles. The molecule has 1 fully saturated rings. The summed E-state index contributed by atoms with van der Waals surface area (Å²) in [6.45, 7) is 7.05. The Balaban J connectivity index is 1.78. The number of hydrogen-bond acceptors (Lipinski definition) is 5. The molecule has 5 nitrogen and oxygen atoms in total. The highest BCUT2D eigenvalue weighted by molar-refractivity contribution is 5.65. The third-order valence-electron chi connectivity index (χ3n) is 4.08. The summed E-state index contributed by atoms with van der Waals surface area (Å²) in [5.41, 5.74) is 0.922. The molecule has 1 aromatic heterocycles. The molecule has 3 rings (SSSR count). The molecule has 0 bridgehead atoms. The molecule has 1 aliphatic rings. The molecule has 0 saturated carbocycles. The number of anilines is 3. The predicted molar refractivity (Wildman–Crippen MR) is 93.5 cm³/mol. The maximum Gasteiger partial charge on any atom is 0.142 e. The molecule has 2 heterocycles. The Hall–Kier alpha value is -2.30. The predicted octanol–water partition coefficient (Wildman–Crippen LogP) is 3.86. The van der Waals surface area contributed by atoms with Crippen LogP contribution in [0.15, 0.2) is 36.7 Å². The lowest BCUT2D eigenvalue weighted by molar-refractivity contribution is 0.342. The minimum Gasteiger partial charge on any atom is -0.492 e. The Morgan fingerprint density at radius 2 is 2.17 bits per heavy atom. The van der Waals surface area contributed by atoms with Gasteiger partial charge in [0.2, 0.25) is 0 Å². The average Bonchev–Trinajstić information content (AvgIpc) is 2.57. The van der Waals surface area contributed by atoms with Gasteiger partial charge in [0.05, 0.1) is 12.3 Å². The topological polar surface area (TPSA) is 50.3 Å². The minimum absolute atomic E-state index is 0.638. The standard InChI is InChI=1S/C18H24N4O/c1-3-23-16-9-5-4-8-15(16)21-17-11-18(20-13-19-17)22-10-6-7-14(2)12-22/h4-5,8-9,11,13-14H,3,6-7,10,12H2,1-2H3,(H,19,20,21). The zero-order chi connectivity index (χ0) is 16.1. The van der Waals surface area contributed by atoms with Gasteiger partial charge in [-0.1, -0.05) is 19.1 Å². The van der Waals surface area contributed by atoms with Crippen LogP contribution in [0, 0.1) is 5.92 Å². The molecular weight excluding hydrogens is 288 g/mol. The van der Waals surface area contributed by atoms with Gasteiger partial charge in [0, 0.05) is 19.2 Å². The SMILES string of the molecule is CCOc1ccccc1Nc1cc(N2CCCC(C)C2)ncn1. The Morgan fingerprint density at radius 1 is 1.30 bits per heavy atom. The molecule has 1 aliphatic heterocycles. The van der Waals surface area contributed by atoms with Gasteiger partial charge in [-0.05, 0) is 37.8 Å². The third-order valence-corrected chi connectivity index (χ3v) is 4.08. The van der Waals surface area contributed by atoms with E-state index < -0.39 is 0 Å². The van der Waals surface area contributed by atoms with Crippen LogP contribution in [0.1, 0.15) is 26.7 Å². The number of nitrogens with zero attached hydrogens (tertiary/aromatic N) is 3. The number of benzene rings is 1. The number of piperidine rings is 1. The Morgan fingerprint density at radius 3 is 3.00 bits per heavy atom. The molecule has 122 valence electrons. The van der Waals surface area contributed by atoms with Crippen molar-refractivity contribution in [3.05, 3.63) is 36.7 Å². The summed E-state index contributed by atoms with van der Waals surface area (Å²) >= 11 is 0. The van der Waals surface area contributed by atoms with Crippen molar-refractivity contribution in [3.63, 3.8) is 0 Å². The lowest BCUT2D eigenvalue weighted by Crippen LogP contribution is -2.34. The molecular formula is C18H24N4O. The van der Waals surface area contributed by atoms with Crippen LogP contribution in [0.4, 0.5) is 17.3 Å². The van der Waals surface area contributed by atoms with Crippen LogP contribution in [0.3, 0.4) is 0 Å². The number of nitrogens with one attached hydrogen (secondary N) is 1. The molecule has 1 unspecified atom stereocenters. The van der Waals surface area contributed by atoms with Gasteiger partial charge in [-0.3, -0.25) is 0 Å². The van der Waals surface area contributed by atoms with Crippen LogP contribution in [-0.4, -0.2) is 29.7 Å². The lowest BCUT2D eigenvalue weighted by Gasteiger charge is -2.31. The summed E-state index contributed by atoms with van der Waals surface area (Å²) in [6, 6.07) is 9.92. The number of rotatable bonds is 5. The highest BCUT2D eigenvalue weighted by Crippen LogP contribution is 2.28. The summed E-state index contributed by atoms with van der Waals surface area (Å²) in [5.74, 6) is 3.33. The monoisotopic (exact) mass is 312 g/mol. The smallest absolute Gasteiger partial charge is 0.142 e. The highest BCUT2D eigenvalue weighted by Gasteiger charge is 2.18. The quantitative estimate of drug-likeness (QED) is 0.908. The molecule has 1 saturated heterocycles. The Bertz CT molecular complexity index is 646. The van der Waals surface area contributed by atoms with Gasteiger partial charge in [0.25, 0.3) is 0 Å². The molecule has 5 heteroatoms. The van der Waals surface area contributed by atoms with Gasteiger partial charge in [-0.25, -0.2) is 9.97 Å². The summed E-state index contributed by atoms with van der Waals surface area (Å²) < 4.78 is 5.65. The van der Waals surface area contributed by atoms with Crippen molar-refractivity contribution in [1.29, 1.82) is 0 Å². The van der Waals surface area contributed by atoms with Crippen LogP contribution in [0.2, 0.25) is 0 Å². The molecule has 0 radical (unpaired) electrons. The van der Waals surface area contributed by atoms with E-state index in [0.717, 1.165) is 36.2 Å². The van der Waals surface area contributed by atoms with E-state index in [0.29, 0.717) is 12.5 Å². The third kappa shape index (κ3) is 3.92. The molecule has 2 aromatic rings. The van der Waals surface area contributed by atoms with Crippen molar-refractivity contribution in [1.82, 2.24) is 9.97 Å². The second-order valence-corrected chi connectivity index (χ2v) is 6.01. The summed E-state index contributed by atoms with van der Waals surface area (Å²) in [6.07, 6.45) is 4.15. The van der Waals surface area contributed by atoms with Crippen molar-refractivity contribution in [3.8, 4) is 5.75 Å². The van der Waals surface area contributed by atoms with E-state index in [9.17, 15) is 0 Å². The molecule has 1 atom stereocenters. The Labute approximate surface area is 137 Å². The fraction of sp³-hybridized carbons (Fsp3) is 0.444. The number of aromatic nitrogens is 2. The van der Waals surface area contributed by atoms with Crippen LogP contribution >= 0.6 is 0 Å². The van der Waals surface area contributed by atoms with Crippen LogP contribution in [0.5, 0.6) is 5.75 Å². The fourth-order valence-corrected chi connectivity index (χ4v) is 2.98. The average molecular weight is 312 g/mol. The first-order chi connectivity index (χ1) is 11.3. The van der Waals surface area contributed by atoms with E-state index >= 15 is 0 Å². The fourth-order valence-electron chi connectivity index (χ4n) is 2.98. The number of ether oxygens (including phenoxy) is 1. The second-order valence-electron chi connectivity index (χ2n) is 6.01. The van der Waals surface area contributed by atoms with E-state index in [1.807, 2.05) is 37.3 Å². The van der Waals surface area contributed by atoms with Gasteiger partial charge in [0.15, 0.2) is 0 Å². The largest absolute Gasteiger partial charge is 0.492 e. The second kappa shape index (κ2) is 7.31. The highest BCUT2D eigenvalue weighted by atomic mass is 16.5. The van der Waals surface area contributed by atoms with Crippen molar-refractivity contribution in [2.75, 3.05) is 29.9 Å². The van der Waals surface area contributed by atoms with Crippen LogP contribution in [-0.2, 0) is 0 Å². The van der Waals surface area contributed by atoms with Gasteiger partial charge in [0.1, 0.15) is 23.7 Å². The van der Waals surface area contributed by atoms with Crippen molar-refractivity contribution >= 4 is 17.3 Å². The molecule has 0 spiro atoms. The maximum atomic E-state index is 5.65. The number of para-hydroxylation sites is 2. The first-order valence-electron chi connectivity index (χ1n) is 8.32.